The van der Waals surface area contributed by atoms with Crippen molar-refractivity contribution in [3.63, 3.8) is 0 Å². The minimum Gasteiger partial charge on any atom is -0.325 e. The molecule has 0 unspecified atom stereocenters. The van der Waals surface area contributed by atoms with Gasteiger partial charge in [0.1, 0.15) is 11.6 Å². The van der Waals surface area contributed by atoms with Crippen LogP contribution in [0.5, 0.6) is 0 Å². The first kappa shape index (κ1) is 19.8. The molecule has 10 heteroatoms. The van der Waals surface area contributed by atoms with Gasteiger partial charge in [0.15, 0.2) is 15.0 Å². The zero-order chi connectivity index (χ0) is 19.6. The van der Waals surface area contributed by atoms with Gasteiger partial charge in [-0.3, -0.25) is 4.79 Å². The number of hydrogen-bond donors (Lipinski definition) is 1. The lowest BCUT2D eigenvalue weighted by Gasteiger charge is -2.12. The van der Waals surface area contributed by atoms with Crippen molar-refractivity contribution in [1.29, 1.82) is 0 Å². The van der Waals surface area contributed by atoms with E-state index in [4.69, 9.17) is 0 Å². The Morgan fingerprint density at radius 3 is 2.70 bits per heavy atom. The van der Waals surface area contributed by atoms with Crippen molar-refractivity contribution in [3.8, 4) is 0 Å². The molecule has 1 aliphatic heterocycles. The van der Waals surface area contributed by atoms with E-state index in [0.29, 0.717) is 29.5 Å². The highest BCUT2D eigenvalue weighted by atomic mass is 32.2. The molecule has 0 spiro atoms. The Bertz CT molecular complexity index is 928. The first-order valence-electron chi connectivity index (χ1n) is 8.55. The monoisotopic (exact) mass is 412 g/mol. The number of aromatic nitrogens is 3. The molecule has 27 heavy (non-hydrogen) atoms. The number of hydrogen-bond acceptors (Lipinski definition) is 6. The summed E-state index contributed by atoms with van der Waals surface area (Å²) in [6.45, 7) is 1.75. The van der Waals surface area contributed by atoms with Crippen molar-refractivity contribution < 1.29 is 17.6 Å². The van der Waals surface area contributed by atoms with Crippen molar-refractivity contribution in [2.45, 2.75) is 30.2 Å². The molecule has 1 saturated heterocycles. The van der Waals surface area contributed by atoms with Gasteiger partial charge in [0.05, 0.1) is 16.8 Å². The fourth-order valence-corrected chi connectivity index (χ4v) is 5.60. The summed E-state index contributed by atoms with van der Waals surface area (Å²) in [5.41, 5.74) is 0.523. The zero-order valence-electron chi connectivity index (χ0n) is 15.1. The van der Waals surface area contributed by atoms with E-state index in [0.717, 1.165) is 0 Å². The van der Waals surface area contributed by atoms with Crippen LogP contribution in [0.15, 0.2) is 29.4 Å². The Hall–Kier alpha value is -1.94. The third kappa shape index (κ3) is 5.07. The molecule has 0 bridgehead atoms. The Morgan fingerprint density at radius 2 is 2.07 bits per heavy atom. The van der Waals surface area contributed by atoms with Gasteiger partial charge in [-0.1, -0.05) is 11.8 Å². The van der Waals surface area contributed by atoms with Crippen LogP contribution in [0.25, 0.3) is 0 Å². The average molecular weight is 413 g/mol. The van der Waals surface area contributed by atoms with Crippen LogP contribution >= 0.6 is 11.8 Å². The predicted molar refractivity (Wildman–Crippen MR) is 102 cm³/mol. The van der Waals surface area contributed by atoms with Crippen molar-refractivity contribution >= 4 is 33.2 Å². The van der Waals surface area contributed by atoms with E-state index in [1.165, 1.54) is 36.0 Å². The summed E-state index contributed by atoms with van der Waals surface area (Å²) in [6, 6.07) is 5.57. The molecule has 2 atom stereocenters. The summed E-state index contributed by atoms with van der Waals surface area (Å²) >= 11 is 1.26. The molecule has 7 nitrogen and oxygen atoms in total. The third-order valence-electron chi connectivity index (χ3n) is 4.49. The predicted octanol–water partition coefficient (Wildman–Crippen LogP) is 2.05. The lowest BCUT2D eigenvalue weighted by atomic mass is 10.1. The Kier molecular flexibility index (Phi) is 5.85. The van der Waals surface area contributed by atoms with Crippen molar-refractivity contribution in [2.75, 3.05) is 16.8 Å². The van der Waals surface area contributed by atoms with Gasteiger partial charge < -0.3 is 9.88 Å². The average Bonchev–Trinajstić information content (AvgIpc) is 3.13. The molecule has 1 aromatic heterocycles. The van der Waals surface area contributed by atoms with Gasteiger partial charge in [-0.05, 0) is 43.5 Å². The number of nitrogens with zero attached hydrogens (tertiary/aromatic N) is 3. The molecular weight excluding hydrogens is 391 g/mol. The van der Waals surface area contributed by atoms with Gasteiger partial charge in [0, 0.05) is 19.2 Å². The second-order valence-electron chi connectivity index (χ2n) is 6.69. The highest BCUT2D eigenvalue weighted by Crippen LogP contribution is 2.26. The van der Waals surface area contributed by atoms with E-state index in [1.54, 1.807) is 11.5 Å². The summed E-state index contributed by atoms with van der Waals surface area (Å²) < 4.78 is 37.9. The molecule has 0 saturated carbocycles. The minimum atomic E-state index is -2.92. The summed E-state index contributed by atoms with van der Waals surface area (Å²) in [6.07, 6.45) is 1.20. The first-order valence-corrected chi connectivity index (χ1v) is 11.3. The van der Waals surface area contributed by atoms with Crippen LogP contribution in [0, 0.1) is 11.7 Å². The van der Waals surface area contributed by atoms with Gasteiger partial charge in [-0.2, -0.15) is 0 Å². The van der Waals surface area contributed by atoms with Gasteiger partial charge >= 0.3 is 0 Å². The van der Waals surface area contributed by atoms with Gasteiger partial charge in [-0.25, -0.2) is 12.8 Å². The highest BCUT2D eigenvalue weighted by Gasteiger charge is 2.29. The van der Waals surface area contributed by atoms with E-state index in [1.807, 2.05) is 7.05 Å². The SMILES string of the molecule is C[C@H](Sc1nnc(C[C@H]2CCS(=O)(=O)C2)n1C)C(=O)Nc1ccc(F)cc1. The Morgan fingerprint density at radius 1 is 1.37 bits per heavy atom. The molecule has 2 heterocycles. The molecule has 3 rings (SSSR count). The maximum atomic E-state index is 12.9. The van der Waals surface area contributed by atoms with Crippen LogP contribution < -0.4 is 5.32 Å². The van der Waals surface area contributed by atoms with Crippen molar-refractivity contribution in [1.82, 2.24) is 14.8 Å². The number of carbonyl (C=O) groups excluding carboxylic acids is 1. The number of rotatable bonds is 6. The quantitative estimate of drug-likeness (QED) is 0.730. The topological polar surface area (TPSA) is 93.9 Å². The fraction of sp³-hybridized carbons (Fsp3) is 0.471. The number of halogens is 1. The molecule has 146 valence electrons. The van der Waals surface area contributed by atoms with Crippen LogP contribution in [-0.2, 0) is 28.1 Å². The van der Waals surface area contributed by atoms with Crippen molar-refractivity contribution in [2.24, 2.45) is 13.0 Å². The van der Waals surface area contributed by atoms with E-state index in [9.17, 15) is 17.6 Å². The highest BCUT2D eigenvalue weighted by molar-refractivity contribution is 8.00. The number of sulfone groups is 1. The fourth-order valence-electron chi connectivity index (χ4n) is 2.91. The Balaban J connectivity index is 1.59. The molecule has 1 aromatic carbocycles. The minimum absolute atomic E-state index is 0.0648. The molecule has 1 amide bonds. The van der Waals surface area contributed by atoms with Crippen LogP contribution in [0.1, 0.15) is 19.2 Å². The Labute approximate surface area is 161 Å². The number of amides is 1. The van der Waals surface area contributed by atoms with Gasteiger partial charge in [0.2, 0.25) is 5.91 Å². The molecule has 1 aliphatic rings. The van der Waals surface area contributed by atoms with Crippen molar-refractivity contribution in [3.05, 3.63) is 35.9 Å². The van der Waals surface area contributed by atoms with Gasteiger partial charge in [0.25, 0.3) is 0 Å². The number of thioether (sulfide) groups is 1. The maximum Gasteiger partial charge on any atom is 0.237 e. The van der Waals surface area contributed by atoms with Crippen LogP contribution in [-0.4, -0.2) is 45.8 Å². The molecule has 1 N–H and O–H groups in total. The normalized spacial score (nSPS) is 19.7. The second-order valence-corrected chi connectivity index (χ2v) is 10.2. The largest absolute Gasteiger partial charge is 0.325 e. The van der Waals surface area contributed by atoms with Crippen LogP contribution in [0.3, 0.4) is 0 Å². The standard InChI is InChI=1S/C17H21FN4O3S2/c1-11(16(23)19-14-5-3-13(18)4-6-14)26-17-21-20-15(22(17)2)9-12-7-8-27(24,25)10-12/h3-6,11-12H,7-10H2,1-2H3,(H,19,23)/t11-,12+/m0/s1. The number of anilines is 1. The van der Waals surface area contributed by atoms with Crippen LogP contribution in [0.2, 0.25) is 0 Å². The molecule has 2 aromatic rings. The lowest BCUT2D eigenvalue weighted by molar-refractivity contribution is -0.115. The number of carbonyl (C=O) groups is 1. The second kappa shape index (κ2) is 7.97. The van der Waals surface area contributed by atoms with E-state index in [2.05, 4.69) is 15.5 Å². The lowest BCUT2D eigenvalue weighted by Crippen LogP contribution is -2.22. The molecular formula is C17H21FN4O3S2. The number of benzene rings is 1. The zero-order valence-corrected chi connectivity index (χ0v) is 16.7. The smallest absolute Gasteiger partial charge is 0.237 e. The summed E-state index contributed by atoms with van der Waals surface area (Å²) in [5.74, 6) is 0.618. The molecule has 1 fully saturated rings. The van der Waals surface area contributed by atoms with E-state index >= 15 is 0 Å². The van der Waals surface area contributed by atoms with E-state index in [-0.39, 0.29) is 29.1 Å². The summed E-state index contributed by atoms with van der Waals surface area (Å²) in [7, 11) is -1.11. The maximum absolute atomic E-state index is 12.9. The molecule has 0 radical (unpaired) electrons. The number of nitrogens with one attached hydrogen (secondary N) is 1. The molecule has 0 aliphatic carbocycles. The first-order chi connectivity index (χ1) is 12.7. The summed E-state index contributed by atoms with van der Waals surface area (Å²) in [4.78, 5) is 12.3. The van der Waals surface area contributed by atoms with Gasteiger partial charge in [-0.15, -0.1) is 10.2 Å². The summed E-state index contributed by atoms with van der Waals surface area (Å²) in [5, 5.41) is 11.2. The van der Waals surface area contributed by atoms with E-state index < -0.39 is 15.1 Å². The third-order valence-corrected chi connectivity index (χ3v) is 7.46. The van der Waals surface area contributed by atoms with Crippen LogP contribution in [0.4, 0.5) is 10.1 Å².